The number of nitrogens with zero attached hydrogens (tertiary/aromatic N) is 1. The van der Waals surface area contributed by atoms with Gasteiger partial charge in [-0.2, -0.15) is 0 Å². The molecule has 0 saturated heterocycles. The summed E-state index contributed by atoms with van der Waals surface area (Å²) >= 11 is 0. The van der Waals surface area contributed by atoms with Gasteiger partial charge in [0.25, 0.3) is 11.8 Å². The number of amides is 2. The quantitative estimate of drug-likeness (QED) is 0.875. The van der Waals surface area contributed by atoms with Gasteiger partial charge in [-0.15, -0.1) is 0 Å². The highest BCUT2D eigenvalue weighted by Crippen LogP contribution is 2.12. The maximum Gasteiger partial charge on any atom is 0.253 e. The summed E-state index contributed by atoms with van der Waals surface area (Å²) in [5.74, 6) is -0.152. The van der Waals surface area contributed by atoms with Crippen molar-refractivity contribution in [3.05, 3.63) is 59.5 Å². The van der Waals surface area contributed by atoms with Crippen LogP contribution < -0.4 is 5.32 Å². The lowest BCUT2D eigenvalue weighted by atomic mass is 10.1. The molecule has 116 valence electrons. The van der Waals surface area contributed by atoms with E-state index in [0.29, 0.717) is 16.9 Å². The van der Waals surface area contributed by atoms with Crippen molar-refractivity contribution in [3.63, 3.8) is 0 Å². The third kappa shape index (κ3) is 3.73. The molecule has 22 heavy (non-hydrogen) atoms. The Morgan fingerprint density at radius 3 is 2.59 bits per heavy atom. The lowest BCUT2D eigenvalue weighted by Gasteiger charge is -2.12. The molecule has 0 spiro atoms. The first-order valence-electron chi connectivity index (χ1n) is 6.80. The number of benzene rings is 1. The van der Waals surface area contributed by atoms with Gasteiger partial charge in [0, 0.05) is 25.2 Å². The molecule has 0 radical (unpaired) electrons. The average molecular weight is 302 g/mol. The van der Waals surface area contributed by atoms with E-state index in [1.54, 1.807) is 44.4 Å². The van der Waals surface area contributed by atoms with Crippen LogP contribution >= 0.6 is 0 Å². The summed E-state index contributed by atoms with van der Waals surface area (Å²) in [4.78, 5) is 25.4. The van der Waals surface area contributed by atoms with E-state index in [2.05, 4.69) is 5.32 Å². The predicted octanol–water partition coefficient (Wildman–Crippen LogP) is 1.44. The molecule has 0 aliphatic heterocycles. The molecule has 2 aromatic rings. The summed E-state index contributed by atoms with van der Waals surface area (Å²) in [6, 6.07) is 9.73. The smallest absolute Gasteiger partial charge is 0.253 e. The van der Waals surface area contributed by atoms with Crippen LogP contribution in [-0.2, 0) is 0 Å². The minimum Gasteiger partial charge on any atom is -0.467 e. The third-order valence-electron chi connectivity index (χ3n) is 3.11. The number of hydrogen-bond acceptors (Lipinski definition) is 4. The van der Waals surface area contributed by atoms with Gasteiger partial charge in [-0.05, 0) is 30.3 Å². The van der Waals surface area contributed by atoms with Gasteiger partial charge < -0.3 is 19.7 Å². The maximum absolute atomic E-state index is 12.1. The zero-order valence-electron chi connectivity index (χ0n) is 12.4. The van der Waals surface area contributed by atoms with Crippen LogP contribution in [0, 0.1) is 0 Å². The summed E-state index contributed by atoms with van der Waals surface area (Å²) in [7, 11) is 3.30. The largest absolute Gasteiger partial charge is 0.467 e. The Bertz CT molecular complexity index is 650. The van der Waals surface area contributed by atoms with E-state index < -0.39 is 6.10 Å². The molecule has 2 N–H and O–H groups in total. The second-order valence-electron chi connectivity index (χ2n) is 5.02. The zero-order valence-corrected chi connectivity index (χ0v) is 12.4. The van der Waals surface area contributed by atoms with Crippen molar-refractivity contribution in [1.29, 1.82) is 0 Å². The van der Waals surface area contributed by atoms with Crippen molar-refractivity contribution in [1.82, 2.24) is 10.2 Å². The molecule has 2 amide bonds. The lowest BCUT2D eigenvalue weighted by Crippen LogP contribution is -2.28. The molecule has 0 saturated carbocycles. The molecule has 1 aromatic carbocycles. The second-order valence-corrected chi connectivity index (χ2v) is 5.02. The Kier molecular flexibility index (Phi) is 4.95. The summed E-state index contributed by atoms with van der Waals surface area (Å²) < 4.78 is 5.06. The minimum absolute atomic E-state index is 0.0260. The monoisotopic (exact) mass is 302 g/mol. The molecule has 6 heteroatoms. The van der Waals surface area contributed by atoms with E-state index in [1.807, 2.05) is 0 Å². The summed E-state index contributed by atoms with van der Waals surface area (Å²) in [5.41, 5.74) is 0.795. The molecule has 0 fully saturated rings. The standard InChI is InChI=1S/C16H18N2O4/c1-18(2)16(21)12-6-3-5-11(9-12)15(20)17-10-13(19)14-7-4-8-22-14/h3-9,13,19H,10H2,1-2H3,(H,17,20). The fraction of sp³-hybridized carbons (Fsp3) is 0.250. The Hall–Kier alpha value is -2.60. The van der Waals surface area contributed by atoms with Crippen LogP contribution in [0.15, 0.2) is 47.1 Å². The highest BCUT2D eigenvalue weighted by molar-refractivity contribution is 5.99. The number of carbonyl (C=O) groups is 2. The van der Waals surface area contributed by atoms with Crippen LogP contribution in [0.1, 0.15) is 32.6 Å². The first kappa shape index (κ1) is 15.8. The van der Waals surface area contributed by atoms with Crippen molar-refractivity contribution < 1.29 is 19.1 Å². The van der Waals surface area contributed by atoms with Gasteiger partial charge in [0.05, 0.1) is 12.8 Å². The molecule has 0 aliphatic carbocycles. The fourth-order valence-corrected chi connectivity index (χ4v) is 1.92. The van der Waals surface area contributed by atoms with Crippen LogP contribution in [0.25, 0.3) is 0 Å². The minimum atomic E-state index is -0.912. The van der Waals surface area contributed by atoms with Crippen molar-refractivity contribution in [2.24, 2.45) is 0 Å². The molecule has 2 rings (SSSR count). The first-order chi connectivity index (χ1) is 10.5. The summed E-state index contributed by atoms with van der Waals surface area (Å²) in [5, 5.41) is 12.5. The van der Waals surface area contributed by atoms with Crippen molar-refractivity contribution in [2.45, 2.75) is 6.10 Å². The Balaban J connectivity index is 2.01. The zero-order chi connectivity index (χ0) is 16.1. The molecular weight excluding hydrogens is 284 g/mol. The SMILES string of the molecule is CN(C)C(=O)c1cccc(C(=O)NCC(O)c2ccco2)c1. The Morgan fingerprint density at radius 2 is 1.95 bits per heavy atom. The fourth-order valence-electron chi connectivity index (χ4n) is 1.92. The van der Waals surface area contributed by atoms with E-state index in [9.17, 15) is 14.7 Å². The normalized spacial score (nSPS) is 11.8. The Morgan fingerprint density at radius 1 is 1.23 bits per heavy atom. The summed E-state index contributed by atoms with van der Waals surface area (Å²) in [6.07, 6.45) is 0.544. The first-order valence-corrected chi connectivity index (χ1v) is 6.80. The second kappa shape index (κ2) is 6.91. The van der Waals surface area contributed by atoms with E-state index >= 15 is 0 Å². The number of rotatable bonds is 5. The molecule has 1 aromatic heterocycles. The highest BCUT2D eigenvalue weighted by atomic mass is 16.4. The summed E-state index contributed by atoms with van der Waals surface area (Å²) in [6.45, 7) is 0.0260. The number of nitrogens with one attached hydrogen (secondary N) is 1. The number of aliphatic hydroxyl groups is 1. The molecule has 1 unspecified atom stereocenters. The van der Waals surface area contributed by atoms with Crippen molar-refractivity contribution in [3.8, 4) is 0 Å². The van der Waals surface area contributed by atoms with E-state index in [4.69, 9.17) is 4.42 Å². The lowest BCUT2D eigenvalue weighted by molar-refractivity contribution is 0.0827. The van der Waals surface area contributed by atoms with E-state index in [1.165, 1.54) is 17.2 Å². The molecule has 0 bridgehead atoms. The number of aliphatic hydroxyl groups excluding tert-OH is 1. The molecule has 1 atom stereocenters. The van der Waals surface area contributed by atoms with E-state index in [0.717, 1.165) is 0 Å². The van der Waals surface area contributed by atoms with Crippen LogP contribution in [-0.4, -0.2) is 42.5 Å². The number of furan rings is 1. The topological polar surface area (TPSA) is 82.8 Å². The van der Waals surface area contributed by atoms with Crippen molar-refractivity contribution >= 4 is 11.8 Å². The molecular formula is C16H18N2O4. The molecule has 1 heterocycles. The van der Waals surface area contributed by atoms with Gasteiger partial charge in [0.15, 0.2) is 0 Å². The van der Waals surface area contributed by atoms with Crippen LogP contribution in [0.3, 0.4) is 0 Å². The predicted molar refractivity (Wildman–Crippen MR) is 80.5 cm³/mol. The van der Waals surface area contributed by atoms with Gasteiger partial charge in [0.2, 0.25) is 0 Å². The van der Waals surface area contributed by atoms with Crippen molar-refractivity contribution in [2.75, 3.05) is 20.6 Å². The van der Waals surface area contributed by atoms with Gasteiger partial charge in [-0.3, -0.25) is 9.59 Å². The highest BCUT2D eigenvalue weighted by Gasteiger charge is 2.14. The van der Waals surface area contributed by atoms with Gasteiger partial charge in [0.1, 0.15) is 11.9 Å². The van der Waals surface area contributed by atoms with Gasteiger partial charge in [-0.1, -0.05) is 6.07 Å². The molecule has 6 nitrogen and oxygen atoms in total. The van der Waals surface area contributed by atoms with Gasteiger partial charge >= 0.3 is 0 Å². The average Bonchev–Trinajstić information content (AvgIpc) is 3.06. The third-order valence-corrected chi connectivity index (χ3v) is 3.11. The number of carbonyl (C=O) groups excluding carboxylic acids is 2. The van der Waals surface area contributed by atoms with Crippen LogP contribution in [0.2, 0.25) is 0 Å². The van der Waals surface area contributed by atoms with Crippen LogP contribution in [0.5, 0.6) is 0 Å². The van der Waals surface area contributed by atoms with Gasteiger partial charge in [-0.25, -0.2) is 0 Å². The van der Waals surface area contributed by atoms with E-state index in [-0.39, 0.29) is 18.4 Å². The molecule has 0 aliphatic rings. The number of hydrogen-bond donors (Lipinski definition) is 2. The van der Waals surface area contributed by atoms with Crippen LogP contribution in [0.4, 0.5) is 0 Å². The Labute approximate surface area is 128 Å². The maximum atomic E-state index is 12.1.